The Morgan fingerprint density at radius 1 is 1.22 bits per heavy atom. The summed E-state index contributed by atoms with van der Waals surface area (Å²) in [4.78, 5) is 22.8. The van der Waals surface area contributed by atoms with Crippen LogP contribution in [0.3, 0.4) is 0 Å². The predicted octanol–water partition coefficient (Wildman–Crippen LogP) is 1.49. The van der Waals surface area contributed by atoms with Gasteiger partial charge in [0.15, 0.2) is 11.5 Å². The third kappa shape index (κ3) is 5.90. The van der Waals surface area contributed by atoms with Crippen molar-refractivity contribution in [2.24, 2.45) is 0 Å². The molecule has 0 aliphatic rings. The van der Waals surface area contributed by atoms with E-state index >= 15 is 0 Å². The Bertz CT molecular complexity index is 557. The lowest BCUT2D eigenvalue weighted by Gasteiger charge is -2.09. The van der Waals surface area contributed by atoms with Gasteiger partial charge in [-0.3, -0.25) is 9.59 Å². The highest BCUT2D eigenvalue weighted by atomic mass is 16.5. The van der Waals surface area contributed by atoms with Crippen molar-refractivity contribution in [2.75, 3.05) is 27.4 Å². The van der Waals surface area contributed by atoms with Gasteiger partial charge in [0.25, 0.3) is 0 Å². The van der Waals surface area contributed by atoms with E-state index in [2.05, 4.69) is 5.32 Å². The first kappa shape index (κ1) is 18.3. The molecule has 0 radical (unpaired) electrons. The summed E-state index contributed by atoms with van der Waals surface area (Å²) < 4.78 is 14.8. The Balaban J connectivity index is 2.63. The molecule has 0 saturated heterocycles. The predicted molar refractivity (Wildman–Crippen MR) is 84.5 cm³/mol. The molecular weight excluding hydrogens is 302 g/mol. The minimum Gasteiger partial charge on any atom is -0.502 e. The number of phenols is 1. The molecule has 1 amide bonds. The molecule has 0 aromatic heterocycles. The van der Waals surface area contributed by atoms with E-state index in [1.165, 1.54) is 20.3 Å². The smallest absolute Gasteiger partial charge is 0.307 e. The Morgan fingerprint density at radius 2 is 1.83 bits per heavy atom. The van der Waals surface area contributed by atoms with Crippen molar-refractivity contribution in [3.63, 3.8) is 0 Å². The molecule has 0 bridgehead atoms. The van der Waals surface area contributed by atoms with Crippen LogP contribution in [0, 0.1) is 0 Å². The maximum atomic E-state index is 11.7. The third-order valence-corrected chi connectivity index (χ3v) is 2.86. The molecule has 1 aromatic carbocycles. The van der Waals surface area contributed by atoms with E-state index in [1.807, 2.05) is 0 Å². The van der Waals surface area contributed by atoms with E-state index in [-0.39, 0.29) is 42.1 Å². The Morgan fingerprint density at radius 3 is 2.35 bits per heavy atom. The SMILES string of the molecule is CCOC(=O)CCNC(=O)/C=C/c1cc(OC)c(O)c(OC)c1. The number of methoxy groups -OCH3 is 2. The number of rotatable bonds is 8. The van der Waals surface area contributed by atoms with Crippen molar-refractivity contribution in [3.05, 3.63) is 23.8 Å². The topological polar surface area (TPSA) is 94.1 Å². The Labute approximate surface area is 134 Å². The molecule has 7 nitrogen and oxygen atoms in total. The van der Waals surface area contributed by atoms with Gasteiger partial charge in [0.05, 0.1) is 27.2 Å². The fourth-order valence-corrected chi connectivity index (χ4v) is 1.76. The molecule has 126 valence electrons. The molecule has 0 aliphatic heterocycles. The molecule has 0 fully saturated rings. The highest BCUT2D eigenvalue weighted by Crippen LogP contribution is 2.37. The molecule has 1 aromatic rings. The largest absolute Gasteiger partial charge is 0.502 e. The van der Waals surface area contributed by atoms with Gasteiger partial charge < -0.3 is 24.6 Å². The van der Waals surface area contributed by atoms with Crippen LogP contribution in [0.25, 0.3) is 6.08 Å². The second kappa shape index (κ2) is 9.34. The normalized spacial score (nSPS) is 10.4. The van der Waals surface area contributed by atoms with E-state index in [0.29, 0.717) is 12.2 Å². The lowest BCUT2D eigenvalue weighted by molar-refractivity contribution is -0.142. The molecular formula is C16H21NO6. The molecule has 0 aliphatic carbocycles. The third-order valence-electron chi connectivity index (χ3n) is 2.86. The van der Waals surface area contributed by atoms with Gasteiger partial charge in [-0.2, -0.15) is 0 Å². The number of hydrogen-bond acceptors (Lipinski definition) is 6. The highest BCUT2D eigenvalue weighted by molar-refractivity contribution is 5.92. The molecule has 2 N–H and O–H groups in total. The minimum atomic E-state index is -0.357. The summed E-state index contributed by atoms with van der Waals surface area (Å²) in [7, 11) is 2.84. The van der Waals surface area contributed by atoms with Gasteiger partial charge in [0.1, 0.15) is 0 Å². The molecule has 0 atom stereocenters. The highest BCUT2D eigenvalue weighted by Gasteiger charge is 2.10. The number of benzene rings is 1. The molecule has 0 saturated carbocycles. The van der Waals surface area contributed by atoms with Crippen LogP contribution < -0.4 is 14.8 Å². The quantitative estimate of drug-likeness (QED) is 0.556. The minimum absolute atomic E-state index is 0.106. The van der Waals surface area contributed by atoms with E-state index in [4.69, 9.17) is 14.2 Å². The van der Waals surface area contributed by atoms with E-state index < -0.39 is 0 Å². The number of amides is 1. The van der Waals surface area contributed by atoms with Crippen LogP contribution in [0.15, 0.2) is 18.2 Å². The average Bonchev–Trinajstić information content (AvgIpc) is 2.54. The first-order valence-electron chi connectivity index (χ1n) is 7.08. The van der Waals surface area contributed by atoms with Crippen LogP contribution in [0.1, 0.15) is 18.9 Å². The first-order valence-corrected chi connectivity index (χ1v) is 7.08. The summed E-state index contributed by atoms with van der Waals surface area (Å²) in [6.07, 6.45) is 2.98. The second-order valence-electron chi connectivity index (χ2n) is 4.45. The number of hydrogen-bond donors (Lipinski definition) is 2. The van der Waals surface area contributed by atoms with Crippen LogP contribution in [0.5, 0.6) is 17.2 Å². The lowest BCUT2D eigenvalue weighted by Crippen LogP contribution is -2.24. The molecule has 23 heavy (non-hydrogen) atoms. The molecule has 0 unspecified atom stereocenters. The molecule has 0 spiro atoms. The standard InChI is InChI=1S/C16H21NO6/c1-4-23-15(19)7-8-17-14(18)6-5-11-9-12(21-2)16(20)13(10-11)22-3/h5-6,9-10,20H,4,7-8H2,1-3H3,(H,17,18)/b6-5+. The maximum absolute atomic E-state index is 11.7. The summed E-state index contributed by atoms with van der Waals surface area (Å²) in [5.41, 5.74) is 0.622. The van der Waals surface area contributed by atoms with Gasteiger partial charge in [0, 0.05) is 12.6 Å². The van der Waals surface area contributed by atoms with Gasteiger partial charge in [0.2, 0.25) is 11.7 Å². The van der Waals surface area contributed by atoms with E-state index in [9.17, 15) is 14.7 Å². The number of carbonyl (C=O) groups is 2. The number of ether oxygens (including phenoxy) is 3. The van der Waals surface area contributed by atoms with Crippen molar-refractivity contribution in [2.45, 2.75) is 13.3 Å². The number of phenolic OH excluding ortho intramolecular Hbond substituents is 1. The first-order chi connectivity index (χ1) is 11.0. The van der Waals surface area contributed by atoms with Crippen molar-refractivity contribution in [1.29, 1.82) is 0 Å². The summed E-state index contributed by atoms with van der Waals surface area (Å²) in [6.45, 7) is 2.24. The Hall–Kier alpha value is -2.70. The van der Waals surface area contributed by atoms with Crippen molar-refractivity contribution >= 4 is 18.0 Å². The van der Waals surface area contributed by atoms with Gasteiger partial charge in [-0.25, -0.2) is 0 Å². The zero-order valence-electron chi connectivity index (χ0n) is 13.4. The summed E-state index contributed by atoms with van der Waals surface area (Å²) in [5, 5.41) is 12.4. The zero-order chi connectivity index (χ0) is 17.2. The fraction of sp³-hybridized carbons (Fsp3) is 0.375. The number of esters is 1. The number of carbonyl (C=O) groups excluding carboxylic acids is 2. The van der Waals surface area contributed by atoms with Gasteiger partial charge >= 0.3 is 5.97 Å². The summed E-state index contributed by atoms with van der Waals surface area (Å²) in [5.74, 6) is -0.324. The van der Waals surface area contributed by atoms with Crippen LogP contribution in [-0.4, -0.2) is 44.4 Å². The van der Waals surface area contributed by atoms with Crippen LogP contribution >= 0.6 is 0 Å². The summed E-state index contributed by atoms with van der Waals surface area (Å²) in [6, 6.07) is 3.14. The van der Waals surface area contributed by atoms with Gasteiger partial charge in [-0.05, 0) is 30.7 Å². The van der Waals surface area contributed by atoms with E-state index in [1.54, 1.807) is 25.1 Å². The van der Waals surface area contributed by atoms with Gasteiger partial charge in [-0.15, -0.1) is 0 Å². The Kier molecular flexibility index (Phi) is 7.45. The fourth-order valence-electron chi connectivity index (χ4n) is 1.76. The van der Waals surface area contributed by atoms with Crippen molar-refractivity contribution in [3.8, 4) is 17.2 Å². The van der Waals surface area contributed by atoms with Crippen LogP contribution in [0.2, 0.25) is 0 Å². The number of aromatic hydroxyl groups is 1. The number of nitrogens with one attached hydrogen (secondary N) is 1. The van der Waals surface area contributed by atoms with E-state index in [0.717, 1.165) is 0 Å². The molecule has 7 heteroatoms. The monoisotopic (exact) mass is 323 g/mol. The van der Waals surface area contributed by atoms with Crippen molar-refractivity contribution < 1.29 is 28.9 Å². The maximum Gasteiger partial charge on any atom is 0.307 e. The van der Waals surface area contributed by atoms with Crippen LogP contribution in [-0.2, 0) is 14.3 Å². The van der Waals surface area contributed by atoms with Gasteiger partial charge in [-0.1, -0.05) is 0 Å². The molecule has 0 heterocycles. The average molecular weight is 323 g/mol. The summed E-state index contributed by atoms with van der Waals surface area (Å²) >= 11 is 0. The van der Waals surface area contributed by atoms with Crippen molar-refractivity contribution in [1.82, 2.24) is 5.32 Å². The lowest BCUT2D eigenvalue weighted by atomic mass is 10.1. The van der Waals surface area contributed by atoms with Crippen LogP contribution in [0.4, 0.5) is 0 Å². The second-order valence-corrected chi connectivity index (χ2v) is 4.45. The molecule has 1 rings (SSSR count). The zero-order valence-corrected chi connectivity index (χ0v) is 13.4.